The number of aliphatic hydroxyl groups excluding tert-OH is 1. The number of hydrogen-bond acceptors (Lipinski definition) is 4. The molecule has 2 N–H and O–H groups in total. The maximum Gasteiger partial charge on any atom is 0.270 e. The zero-order valence-electron chi connectivity index (χ0n) is 9.72. The zero-order chi connectivity index (χ0) is 13.7. The molecule has 1 atom stereocenters. The Labute approximate surface area is 112 Å². The second-order valence-corrected chi connectivity index (χ2v) is 4.54. The van der Waals surface area contributed by atoms with E-state index in [1.807, 2.05) is 6.92 Å². The molecule has 1 aromatic rings. The van der Waals surface area contributed by atoms with E-state index < -0.39 is 10.8 Å². The van der Waals surface area contributed by atoms with Crippen molar-refractivity contribution in [1.29, 1.82) is 0 Å². The van der Waals surface area contributed by atoms with Crippen molar-refractivity contribution in [3.63, 3.8) is 0 Å². The first-order valence-corrected chi connectivity index (χ1v) is 6.14. The molecule has 7 heteroatoms. The number of nitro groups is 1. The molecular weight excluding hydrogens is 304 g/mol. The van der Waals surface area contributed by atoms with E-state index in [0.29, 0.717) is 10.9 Å². The Kier molecular flexibility index (Phi) is 5.24. The largest absolute Gasteiger partial charge is 0.394 e. The molecule has 0 fully saturated rings. The summed E-state index contributed by atoms with van der Waals surface area (Å²) in [6, 6.07) is 3.60. The number of benzene rings is 1. The number of amides is 1. The Balaban J connectivity index is 2.97. The first kappa shape index (κ1) is 14.6. The second kappa shape index (κ2) is 6.46. The highest BCUT2D eigenvalue weighted by Gasteiger charge is 2.17. The summed E-state index contributed by atoms with van der Waals surface area (Å²) in [4.78, 5) is 22.0. The molecule has 1 rings (SSSR count). The van der Waals surface area contributed by atoms with Gasteiger partial charge in [0.1, 0.15) is 0 Å². The topological polar surface area (TPSA) is 92.5 Å². The van der Waals surface area contributed by atoms with Crippen LogP contribution in [-0.4, -0.2) is 28.6 Å². The van der Waals surface area contributed by atoms with Gasteiger partial charge in [0, 0.05) is 16.6 Å². The van der Waals surface area contributed by atoms with Crippen molar-refractivity contribution in [1.82, 2.24) is 5.32 Å². The van der Waals surface area contributed by atoms with Crippen molar-refractivity contribution in [2.24, 2.45) is 0 Å². The van der Waals surface area contributed by atoms with Crippen LogP contribution in [0.2, 0.25) is 0 Å². The third-order valence-electron chi connectivity index (χ3n) is 2.45. The number of carbonyl (C=O) groups is 1. The Bertz CT molecular complexity index is 460. The number of halogens is 1. The van der Waals surface area contributed by atoms with Crippen molar-refractivity contribution in [3.05, 3.63) is 38.3 Å². The van der Waals surface area contributed by atoms with E-state index in [0.717, 1.165) is 0 Å². The van der Waals surface area contributed by atoms with Gasteiger partial charge in [0.15, 0.2) is 0 Å². The fourth-order valence-corrected chi connectivity index (χ4v) is 1.77. The number of rotatable bonds is 5. The molecule has 18 heavy (non-hydrogen) atoms. The lowest BCUT2D eigenvalue weighted by atomic mass is 10.1. The lowest BCUT2D eigenvalue weighted by Gasteiger charge is -2.14. The van der Waals surface area contributed by atoms with Crippen LogP contribution in [-0.2, 0) is 0 Å². The van der Waals surface area contributed by atoms with Gasteiger partial charge in [-0.1, -0.05) is 6.92 Å². The van der Waals surface area contributed by atoms with Crippen LogP contribution in [0.4, 0.5) is 5.69 Å². The van der Waals surface area contributed by atoms with Crippen LogP contribution < -0.4 is 5.32 Å². The SMILES string of the molecule is CC[C@@H](CO)NC(=O)c1cc([N+](=O)[O-])ccc1Br. The Morgan fingerprint density at radius 2 is 2.28 bits per heavy atom. The summed E-state index contributed by atoms with van der Waals surface area (Å²) in [5.41, 5.74) is 0.0245. The number of nitrogens with one attached hydrogen (secondary N) is 1. The van der Waals surface area contributed by atoms with E-state index in [1.54, 1.807) is 0 Å². The first-order valence-electron chi connectivity index (χ1n) is 5.35. The molecule has 0 bridgehead atoms. The number of nitro benzene ring substituents is 1. The van der Waals surface area contributed by atoms with Gasteiger partial charge >= 0.3 is 0 Å². The van der Waals surface area contributed by atoms with Crippen LogP contribution in [0.1, 0.15) is 23.7 Å². The Hall–Kier alpha value is -1.47. The standard InChI is InChI=1S/C11H13BrN2O4/c1-2-7(6-15)13-11(16)9-5-8(14(17)18)3-4-10(9)12/h3-5,7,15H,2,6H2,1H3,(H,13,16)/t7-/m0/s1. The van der Waals surface area contributed by atoms with Crippen LogP contribution in [0.15, 0.2) is 22.7 Å². The van der Waals surface area contributed by atoms with Gasteiger partial charge in [-0.05, 0) is 28.4 Å². The van der Waals surface area contributed by atoms with E-state index in [9.17, 15) is 14.9 Å². The molecule has 0 aliphatic heterocycles. The van der Waals surface area contributed by atoms with E-state index in [2.05, 4.69) is 21.2 Å². The molecule has 0 unspecified atom stereocenters. The van der Waals surface area contributed by atoms with Crippen molar-refractivity contribution in [2.75, 3.05) is 6.61 Å². The summed E-state index contributed by atoms with van der Waals surface area (Å²) in [5, 5.41) is 22.2. The van der Waals surface area contributed by atoms with Gasteiger partial charge in [-0.25, -0.2) is 0 Å². The van der Waals surface area contributed by atoms with Gasteiger partial charge in [-0.15, -0.1) is 0 Å². The summed E-state index contributed by atoms with van der Waals surface area (Å²) in [6.45, 7) is 1.65. The van der Waals surface area contributed by atoms with Gasteiger partial charge in [0.2, 0.25) is 0 Å². The van der Waals surface area contributed by atoms with Crippen LogP contribution >= 0.6 is 15.9 Å². The number of non-ortho nitro benzene ring substituents is 1. The summed E-state index contributed by atoms with van der Waals surface area (Å²) >= 11 is 3.17. The van der Waals surface area contributed by atoms with Crippen LogP contribution in [0.25, 0.3) is 0 Å². The minimum atomic E-state index is -0.563. The molecule has 0 saturated carbocycles. The van der Waals surface area contributed by atoms with Crippen LogP contribution in [0, 0.1) is 10.1 Å². The fourth-order valence-electron chi connectivity index (χ4n) is 1.34. The van der Waals surface area contributed by atoms with E-state index in [4.69, 9.17) is 5.11 Å². The number of aliphatic hydroxyl groups is 1. The molecular formula is C11H13BrN2O4. The maximum atomic E-state index is 11.9. The van der Waals surface area contributed by atoms with E-state index in [-0.39, 0.29) is 23.9 Å². The number of nitrogens with zero attached hydrogens (tertiary/aromatic N) is 1. The quantitative estimate of drug-likeness (QED) is 0.640. The van der Waals surface area contributed by atoms with Crippen molar-refractivity contribution >= 4 is 27.5 Å². The second-order valence-electron chi connectivity index (χ2n) is 3.68. The Morgan fingerprint density at radius 3 is 2.78 bits per heavy atom. The van der Waals surface area contributed by atoms with Gasteiger partial charge in [-0.3, -0.25) is 14.9 Å². The van der Waals surface area contributed by atoms with Gasteiger partial charge in [0.25, 0.3) is 11.6 Å². The highest BCUT2D eigenvalue weighted by atomic mass is 79.9. The number of hydrogen-bond donors (Lipinski definition) is 2. The molecule has 98 valence electrons. The fraction of sp³-hybridized carbons (Fsp3) is 0.364. The molecule has 0 aliphatic rings. The zero-order valence-corrected chi connectivity index (χ0v) is 11.3. The third kappa shape index (κ3) is 3.51. The highest BCUT2D eigenvalue weighted by Crippen LogP contribution is 2.22. The van der Waals surface area contributed by atoms with E-state index >= 15 is 0 Å². The summed E-state index contributed by atoms with van der Waals surface area (Å²) < 4.78 is 0.471. The molecule has 0 saturated heterocycles. The molecule has 6 nitrogen and oxygen atoms in total. The Morgan fingerprint density at radius 1 is 1.61 bits per heavy atom. The van der Waals surface area contributed by atoms with Crippen LogP contribution in [0.3, 0.4) is 0 Å². The predicted octanol–water partition coefficient (Wildman–Crippen LogP) is 1.86. The minimum Gasteiger partial charge on any atom is -0.394 e. The minimum absolute atomic E-state index is 0.152. The molecule has 1 amide bonds. The molecule has 0 spiro atoms. The normalized spacial score (nSPS) is 11.9. The molecule has 0 aromatic heterocycles. The highest BCUT2D eigenvalue weighted by molar-refractivity contribution is 9.10. The van der Waals surface area contributed by atoms with Crippen molar-refractivity contribution in [3.8, 4) is 0 Å². The lowest BCUT2D eigenvalue weighted by molar-refractivity contribution is -0.384. The van der Waals surface area contributed by atoms with Gasteiger partial charge in [0.05, 0.1) is 23.1 Å². The van der Waals surface area contributed by atoms with Gasteiger partial charge < -0.3 is 10.4 Å². The predicted molar refractivity (Wildman–Crippen MR) is 69.4 cm³/mol. The van der Waals surface area contributed by atoms with Crippen molar-refractivity contribution < 1.29 is 14.8 Å². The van der Waals surface area contributed by atoms with Crippen LogP contribution in [0.5, 0.6) is 0 Å². The summed E-state index contributed by atoms with van der Waals surface area (Å²) in [6.07, 6.45) is 0.578. The monoisotopic (exact) mass is 316 g/mol. The lowest BCUT2D eigenvalue weighted by Crippen LogP contribution is -2.37. The van der Waals surface area contributed by atoms with E-state index in [1.165, 1.54) is 18.2 Å². The van der Waals surface area contributed by atoms with Crippen molar-refractivity contribution in [2.45, 2.75) is 19.4 Å². The molecule has 1 aromatic carbocycles. The van der Waals surface area contributed by atoms with Gasteiger partial charge in [-0.2, -0.15) is 0 Å². The average Bonchev–Trinajstić information content (AvgIpc) is 2.35. The molecule has 0 aliphatic carbocycles. The number of carbonyl (C=O) groups excluding carboxylic acids is 1. The molecule has 0 heterocycles. The smallest absolute Gasteiger partial charge is 0.270 e. The first-order chi connectivity index (χ1) is 8.49. The molecule has 0 radical (unpaired) electrons. The summed E-state index contributed by atoms with van der Waals surface area (Å²) in [7, 11) is 0. The third-order valence-corrected chi connectivity index (χ3v) is 3.15. The maximum absolute atomic E-state index is 11.9. The average molecular weight is 317 g/mol. The summed E-state index contributed by atoms with van der Waals surface area (Å²) in [5.74, 6) is -0.452.